The van der Waals surface area contributed by atoms with Gasteiger partial charge < -0.3 is 5.73 Å². The smallest absolute Gasteiger partial charge is 0.164 e. The van der Waals surface area contributed by atoms with Crippen LogP contribution in [0.3, 0.4) is 0 Å². The summed E-state index contributed by atoms with van der Waals surface area (Å²) in [5.41, 5.74) is 6.73. The van der Waals surface area contributed by atoms with Crippen LogP contribution in [0, 0.1) is 5.82 Å². The lowest BCUT2D eigenvalue weighted by atomic mass is 10.1. The molecule has 0 fully saturated rings. The van der Waals surface area contributed by atoms with Gasteiger partial charge in [-0.25, -0.2) is 4.39 Å². The topological polar surface area (TPSA) is 51.8 Å². The van der Waals surface area contributed by atoms with Gasteiger partial charge in [-0.2, -0.15) is 0 Å². The lowest BCUT2D eigenvalue weighted by Crippen LogP contribution is -1.95. The van der Waals surface area contributed by atoms with E-state index in [1.807, 2.05) is 0 Å². The second kappa shape index (κ2) is 3.82. The van der Waals surface area contributed by atoms with Gasteiger partial charge in [-0.1, -0.05) is 11.6 Å². The van der Waals surface area contributed by atoms with Gasteiger partial charge in [-0.3, -0.25) is 0 Å². The number of nitrogen functional groups attached to an aromatic ring is 1. The number of rotatable bonds is 1. The molecule has 2 aromatic rings. The Morgan fingerprint density at radius 2 is 1.80 bits per heavy atom. The van der Waals surface area contributed by atoms with Crippen LogP contribution in [0.2, 0.25) is 5.02 Å². The van der Waals surface area contributed by atoms with Gasteiger partial charge >= 0.3 is 0 Å². The number of nitrogens with two attached hydrogens (primary N) is 1. The van der Waals surface area contributed by atoms with Crippen LogP contribution in [-0.2, 0) is 0 Å². The second-order valence-corrected chi connectivity index (χ2v) is 3.38. The van der Waals surface area contributed by atoms with Gasteiger partial charge in [0, 0.05) is 5.56 Å². The van der Waals surface area contributed by atoms with Crippen molar-refractivity contribution in [3.63, 3.8) is 0 Å². The molecule has 0 radical (unpaired) electrons. The molecule has 1 aromatic carbocycles. The van der Waals surface area contributed by atoms with Crippen LogP contribution in [0.25, 0.3) is 11.3 Å². The summed E-state index contributed by atoms with van der Waals surface area (Å²) >= 11 is 5.79. The summed E-state index contributed by atoms with van der Waals surface area (Å²) in [5, 5.41) is 7.87. The Balaban J connectivity index is 2.45. The van der Waals surface area contributed by atoms with Crippen molar-refractivity contribution in [1.82, 2.24) is 10.2 Å². The summed E-state index contributed by atoms with van der Waals surface area (Å²) in [4.78, 5) is 0. The molecule has 0 unspecified atom stereocenters. The van der Waals surface area contributed by atoms with Gasteiger partial charge in [-0.15, -0.1) is 10.2 Å². The molecule has 0 aliphatic rings. The largest absolute Gasteiger partial charge is 0.381 e. The lowest BCUT2D eigenvalue weighted by Gasteiger charge is -2.01. The van der Waals surface area contributed by atoms with Crippen molar-refractivity contribution in [2.24, 2.45) is 0 Å². The molecule has 0 aliphatic carbocycles. The minimum Gasteiger partial charge on any atom is -0.381 e. The first-order chi connectivity index (χ1) is 7.16. The minimum atomic E-state index is -0.298. The summed E-state index contributed by atoms with van der Waals surface area (Å²) in [5.74, 6) is -0.115. The van der Waals surface area contributed by atoms with Crippen LogP contribution in [0.5, 0.6) is 0 Å². The highest BCUT2D eigenvalue weighted by atomic mass is 35.5. The van der Waals surface area contributed by atoms with Gasteiger partial charge in [0.05, 0.1) is 10.7 Å². The van der Waals surface area contributed by atoms with Crippen LogP contribution in [0.15, 0.2) is 30.3 Å². The van der Waals surface area contributed by atoms with Crippen LogP contribution >= 0.6 is 11.6 Å². The van der Waals surface area contributed by atoms with Crippen LogP contribution in [0.4, 0.5) is 10.2 Å². The van der Waals surface area contributed by atoms with E-state index in [4.69, 9.17) is 17.3 Å². The van der Waals surface area contributed by atoms with Crippen molar-refractivity contribution in [1.29, 1.82) is 0 Å². The third-order valence-corrected chi connectivity index (χ3v) is 2.22. The molecule has 0 bridgehead atoms. The average molecular weight is 224 g/mol. The summed E-state index contributed by atoms with van der Waals surface area (Å²) in [6.45, 7) is 0. The minimum absolute atomic E-state index is 0.183. The first-order valence-corrected chi connectivity index (χ1v) is 4.59. The zero-order valence-corrected chi connectivity index (χ0v) is 8.37. The Kier molecular flexibility index (Phi) is 2.51. The quantitative estimate of drug-likeness (QED) is 0.808. The zero-order valence-electron chi connectivity index (χ0n) is 7.61. The van der Waals surface area contributed by atoms with E-state index in [2.05, 4.69) is 10.2 Å². The first-order valence-electron chi connectivity index (χ1n) is 4.21. The van der Waals surface area contributed by atoms with E-state index in [-0.39, 0.29) is 11.6 Å². The molecule has 2 rings (SSSR count). The van der Waals surface area contributed by atoms with Crippen LogP contribution < -0.4 is 5.73 Å². The van der Waals surface area contributed by atoms with Crippen molar-refractivity contribution >= 4 is 17.4 Å². The molecule has 76 valence electrons. The van der Waals surface area contributed by atoms with E-state index in [0.29, 0.717) is 10.7 Å². The Morgan fingerprint density at radius 3 is 2.40 bits per heavy atom. The molecule has 0 spiro atoms. The van der Waals surface area contributed by atoms with Crippen LogP contribution in [-0.4, -0.2) is 10.2 Å². The summed E-state index contributed by atoms with van der Waals surface area (Å²) < 4.78 is 12.7. The average Bonchev–Trinajstić information content (AvgIpc) is 2.23. The lowest BCUT2D eigenvalue weighted by molar-refractivity contribution is 0.628. The molecule has 0 saturated carbocycles. The predicted molar refractivity (Wildman–Crippen MR) is 56.8 cm³/mol. The molecule has 0 amide bonds. The molecule has 2 N–H and O–H groups in total. The number of hydrogen-bond acceptors (Lipinski definition) is 3. The standard InChI is InChI=1S/C10H7ClFN3/c11-8-5-9(14-15-10(8)13)6-1-3-7(12)4-2-6/h1-5H,(H2,13,15). The normalized spacial score (nSPS) is 10.3. The number of hydrogen-bond donors (Lipinski definition) is 1. The Hall–Kier alpha value is -1.68. The number of aromatic nitrogens is 2. The second-order valence-electron chi connectivity index (χ2n) is 2.97. The number of anilines is 1. The molecule has 0 aliphatic heterocycles. The SMILES string of the molecule is Nc1nnc(-c2ccc(F)cc2)cc1Cl. The van der Waals surface area contributed by atoms with Crippen LogP contribution in [0.1, 0.15) is 0 Å². The van der Waals surface area contributed by atoms with Gasteiger partial charge in [0.1, 0.15) is 5.82 Å². The fourth-order valence-corrected chi connectivity index (χ4v) is 1.28. The highest BCUT2D eigenvalue weighted by Gasteiger charge is 2.04. The molecule has 3 nitrogen and oxygen atoms in total. The van der Waals surface area contributed by atoms with E-state index in [9.17, 15) is 4.39 Å². The maximum atomic E-state index is 12.7. The summed E-state index contributed by atoms with van der Waals surface area (Å²) in [7, 11) is 0. The highest BCUT2D eigenvalue weighted by molar-refractivity contribution is 6.32. The number of benzene rings is 1. The van der Waals surface area contributed by atoms with E-state index in [1.54, 1.807) is 18.2 Å². The van der Waals surface area contributed by atoms with E-state index >= 15 is 0 Å². The molecule has 0 saturated heterocycles. The highest BCUT2D eigenvalue weighted by Crippen LogP contribution is 2.22. The monoisotopic (exact) mass is 223 g/mol. The fourth-order valence-electron chi connectivity index (χ4n) is 1.14. The van der Waals surface area contributed by atoms with Gasteiger partial charge in [0.25, 0.3) is 0 Å². The van der Waals surface area contributed by atoms with E-state index in [0.717, 1.165) is 5.56 Å². The van der Waals surface area contributed by atoms with Gasteiger partial charge in [0.15, 0.2) is 5.82 Å². The molecular weight excluding hydrogens is 217 g/mol. The van der Waals surface area contributed by atoms with Crippen molar-refractivity contribution < 1.29 is 4.39 Å². The molecule has 1 heterocycles. The third-order valence-electron chi connectivity index (χ3n) is 1.91. The Bertz CT molecular complexity index is 485. The first kappa shape index (κ1) is 9.86. The molecule has 15 heavy (non-hydrogen) atoms. The van der Waals surface area contributed by atoms with Gasteiger partial charge in [0.2, 0.25) is 0 Å². The van der Waals surface area contributed by atoms with Crippen molar-refractivity contribution in [3.05, 3.63) is 41.2 Å². The summed E-state index contributed by atoms with van der Waals surface area (Å²) in [6, 6.07) is 7.50. The third kappa shape index (κ3) is 2.05. The van der Waals surface area contributed by atoms with Crippen molar-refractivity contribution in [3.8, 4) is 11.3 Å². The van der Waals surface area contributed by atoms with Crippen molar-refractivity contribution in [2.45, 2.75) is 0 Å². The number of halogens is 2. The molecule has 5 heteroatoms. The maximum Gasteiger partial charge on any atom is 0.164 e. The molecule has 0 atom stereocenters. The zero-order chi connectivity index (χ0) is 10.8. The maximum absolute atomic E-state index is 12.7. The van der Waals surface area contributed by atoms with E-state index in [1.165, 1.54) is 12.1 Å². The fraction of sp³-hybridized carbons (Fsp3) is 0. The summed E-state index contributed by atoms with van der Waals surface area (Å²) in [6.07, 6.45) is 0. The Labute approximate surface area is 90.7 Å². The molecular formula is C10H7ClFN3. The predicted octanol–water partition coefficient (Wildman–Crippen LogP) is 2.52. The van der Waals surface area contributed by atoms with E-state index < -0.39 is 0 Å². The van der Waals surface area contributed by atoms with Gasteiger partial charge in [-0.05, 0) is 30.3 Å². The Morgan fingerprint density at radius 1 is 1.13 bits per heavy atom. The number of nitrogens with zero attached hydrogens (tertiary/aromatic N) is 2. The van der Waals surface area contributed by atoms with Crippen molar-refractivity contribution in [2.75, 3.05) is 5.73 Å². The molecule has 1 aromatic heterocycles.